The van der Waals surface area contributed by atoms with Crippen LogP contribution in [0, 0.1) is 0 Å². The third kappa shape index (κ3) is 3.42. The standard InChI is InChI=1S/C18H23N3/c1-2-21(14-15-7-10-19-11-8-15)12-9-16-13-20-18-6-4-3-5-17(16)18/h3-8,10-11,16,20H,2,9,12-14H2,1H3. The summed E-state index contributed by atoms with van der Waals surface area (Å²) in [6, 6.07) is 12.9. The molecule has 0 radical (unpaired) electrons. The summed E-state index contributed by atoms with van der Waals surface area (Å²) in [6.07, 6.45) is 4.96. The van der Waals surface area contributed by atoms with E-state index in [9.17, 15) is 0 Å². The second-order valence-corrected chi connectivity index (χ2v) is 5.68. The smallest absolute Gasteiger partial charge is 0.0376 e. The summed E-state index contributed by atoms with van der Waals surface area (Å²) in [5, 5.41) is 3.51. The molecule has 0 saturated heterocycles. The fourth-order valence-corrected chi connectivity index (χ4v) is 3.05. The molecule has 1 aliphatic heterocycles. The normalized spacial score (nSPS) is 16.8. The van der Waals surface area contributed by atoms with Crippen LogP contribution in [0.15, 0.2) is 48.8 Å². The van der Waals surface area contributed by atoms with Gasteiger partial charge < -0.3 is 5.32 Å². The molecule has 0 saturated carbocycles. The highest BCUT2D eigenvalue weighted by Crippen LogP contribution is 2.33. The Morgan fingerprint density at radius 2 is 2.00 bits per heavy atom. The van der Waals surface area contributed by atoms with Crippen molar-refractivity contribution < 1.29 is 0 Å². The Hall–Kier alpha value is -1.87. The molecule has 0 aliphatic carbocycles. The van der Waals surface area contributed by atoms with Gasteiger partial charge in [0.1, 0.15) is 0 Å². The first-order chi connectivity index (χ1) is 10.4. The first-order valence-corrected chi connectivity index (χ1v) is 7.81. The van der Waals surface area contributed by atoms with Crippen molar-refractivity contribution in [2.75, 3.05) is 25.0 Å². The molecule has 0 amide bonds. The Bertz CT molecular complexity index is 568. The van der Waals surface area contributed by atoms with Crippen molar-refractivity contribution in [2.45, 2.75) is 25.8 Å². The summed E-state index contributed by atoms with van der Waals surface area (Å²) < 4.78 is 0. The number of hydrogen-bond donors (Lipinski definition) is 1. The van der Waals surface area contributed by atoms with E-state index in [1.165, 1.54) is 23.2 Å². The second kappa shape index (κ2) is 6.72. The van der Waals surface area contributed by atoms with Crippen molar-refractivity contribution >= 4 is 5.69 Å². The Kier molecular flexibility index (Phi) is 4.51. The largest absolute Gasteiger partial charge is 0.384 e. The van der Waals surface area contributed by atoms with Crippen LogP contribution in [0.3, 0.4) is 0 Å². The summed E-state index contributed by atoms with van der Waals surface area (Å²) in [4.78, 5) is 6.60. The van der Waals surface area contributed by atoms with Crippen molar-refractivity contribution in [1.29, 1.82) is 0 Å². The van der Waals surface area contributed by atoms with Crippen LogP contribution in [-0.2, 0) is 6.54 Å². The van der Waals surface area contributed by atoms with Gasteiger partial charge in [0.15, 0.2) is 0 Å². The van der Waals surface area contributed by atoms with Crippen LogP contribution < -0.4 is 5.32 Å². The number of fused-ring (bicyclic) bond motifs is 1. The van der Waals surface area contributed by atoms with Crippen LogP contribution in [0.2, 0.25) is 0 Å². The third-order valence-electron chi connectivity index (χ3n) is 4.34. The van der Waals surface area contributed by atoms with E-state index in [4.69, 9.17) is 0 Å². The summed E-state index contributed by atoms with van der Waals surface area (Å²) in [5.74, 6) is 0.646. The predicted octanol–water partition coefficient (Wildman–Crippen LogP) is 3.50. The lowest BCUT2D eigenvalue weighted by Crippen LogP contribution is -2.25. The second-order valence-electron chi connectivity index (χ2n) is 5.68. The quantitative estimate of drug-likeness (QED) is 0.878. The molecule has 1 aromatic heterocycles. The molecule has 0 bridgehead atoms. The van der Waals surface area contributed by atoms with Crippen molar-refractivity contribution in [2.24, 2.45) is 0 Å². The first-order valence-electron chi connectivity index (χ1n) is 7.81. The number of para-hydroxylation sites is 1. The minimum Gasteiger partial charge on any atom is -0.384 e. The van der Waals surface area contributed by atoms with Crippen LogP contribution >= 0.6 is 0 Å². The molecule has 1 aromatic carbocycles. The van der Waals surface area contributed by atoms with E-state index in [1.54, 1.807) is 0 Å². The molecule has 21 heavy (non-hydrogen) atoms. The number of hydrogen-bond acceptors (Lipinski definition) is 3. The average Bonchev–Trinajstić information content (AvgIpc) is 2.96. The van der Waals surface area contributed by atoms with Gasteiger partial charge >= 0.3 is 0 Å². The molecule has 1 N–H and O–H groups in total. The predicted molar refractivity (Wildman–Crippen MR) is 87.5 cm³/mol. The number of nitrogens with zero attached hydrogens (tertiary/aromatic N) is 2. The molecular formula is C18H23N3. The molecule has 110 valence electrons. The van der Waals surface area contributed by atoms with Crippen molar-refractivity contribution in [3.63, 3.8) is 0 Å². The number of anilines is 1. The van der Waals surface area contributed by atoms with Crippen LogP contribution in [-0.4, -0.2) is 29.5 Å². The van der Waals surface area contributed by atoms with Gasteiger partial charge in [-0.15, -0.1) is 0 Å². The lowest BCUT2D eigenvalue weighted by molar-refractivity contribution is 0.270. The van der Waals surface area contributed by atoms with Gasteiger partial charge in [-0.05, 0) is 48.8 Å². The summed E-state index contributed by atoms with van der Waals surface area (Å²) in [6.45, 7) is 6.55. The fourth-order valence-electron chi connectivity index (χ4n) is 3.05. The zero-order valence-electron chi connectivity index (χ0n) is 12.6. The molecule has 0 spiro atoms. The van der Waals surface area contributed by atoms with E-state index in [0.717, 1.165) is 26.2 Å². The highest BCUT2D eigenvalue weighted by molar-refractivity contribution is 5.57. The van der Waals surface area contributed by atoms with E-state index < -0.39 is 0 Å². The number of nitrogens with one attached hydrogen (secondary N) is 1. The molecule has 3 nitrogen and oxygen atoms in total. The van der Waals surface area contributed by atoms with Gasteiger partial charge in [-0.3, -0.25) is 9.88 Å². The van der Waals surface area contributed by atoms with Gasteiger partial charge in [-0.2, -0.15) is 0 Å². The Morgan fingerprint density at radius 1 is 1.19 bits per heavy atom. The Balaban J connectivity index is 1.57. The SMILES string of the molecule is CCN(CCC1CNc2ccccc21)Cc1ccncc1. The number of pyridine rings is 1. The lowest BCUT2D eigenvalue weighted by Gasteiger charge is -2.22. The van der Waals surface area contributed by atoms with Crippen molar-refractivity contribution in [3.8, 4) is 0 Å². The van der Waals surface area contributed by atoms with Gasteiger partial charge in [-0.1, -0.05) is 25.1 Å². The van der Waals surface area contributed by atoms with Gasteiger partial charge in [0, 0.05) is 37.1 Å². The minimum absolute atomic E-state index is 0.646. The van der Waals surface area contributed by atoms with Crippen LogP contribution in [0.1, 0.15) is 30.4 Å². The average molecular weight is 281 g/mol. The Labute approximate surface area is 127 Å². The Morgan fingerprint density at radius 3 is 2.81 bits per heavy atom. The van der Waals surface area contributed by atoms with Gasteiger partial charge in [0.05, 0.1) is 0 Å². The summed E-state index contributed by atoms with van der Waals surface area (Å²) in [7, 11) is 0. The van der Waals surface area contributed by atoms with Gasteiger partial charge in [0.2, 0.25) is 0 Å². The molecule has 2 aromatic rings. The number of aromatic nitrogens is 1. The van der Waals surface area contributed by atoms with E-state index >= 15 is 0 Å². The highest BCUT2D eigenvalue weighted by atomic mass is 15.1. The molecular weight excluding hydrogens is 258 g/mol. The molecule has 1 aliphatic rings. The molecule has 1 unspecified atom stereocenters. The molecule has 1 atom stereocenters. The minimum atomic E-state index is 0.646. The van der Waals surface area contributed by atoms with E-state index in [-0.39, 0.29) is 0 Å². The monoisotopic (exact) mass is 281 g/mol. The topological polar surface area (TPSA) is 28.2 Å². The van der Waals surface area contributed by atoms with Crippen molar-refractivity contribution in [3.05, 3.63) is 59.9 Å². The molecule has 3 heteroatoms. The lowest BCUT2D eigenvalue weighted by atomic mass is 9.97. The highest BCUT2D eigenvalue weighted by Gasteiger charge is 2.21. The van der Waals surface area contributed by atoms with Crippen LogP contribution in [0.5, 0.6) is 0 Å². The first kappa shape index (κ1) is 14.1. The molecule has 0 fully saturated rings. The fraction of sp³-hybridized carbons (Fsp3) is 0.389. The van der Waals surface area contributed by atoms with Crippen LogP contribution in [0.4, 0.5) is 5.69 Å². The van der Waals surface area contributed by atoms with E-state index in [0.29, 0.717) is 5.92 Å². The van der Waals surface area contributed by atoms with E-state index in [1.807, 2.05) is 12.4 Å². The zero-order chi connectivity index (χ0) is 14.5. The van der Waals surface area contributed by atoms with Gasteiger partial charge in [0.25, 0.3) is 0 Å². The molecule has 2 heterocycles. The maximum Gasteiger partial charge on any atom is 0.0376 e. The van der Waals surface area contributed by atoms with Crippen molar-refractivity contribution in [1.82, 2.24) is 9.88 Å². The van der Waals surface area contributed by atoms with E-state index in [2.05, 4.69) is 58.5 Å². The number of rotatable bonds is 6. The van der Waals surface area contributed by atoms with Crippen LogP contribution in [0.25, 0.3) is 0 Å². The summed E-state index contributed by atoms with van der Waals surface area (Å²) in [5.41, 5.74) is 4.15. The molecule has 3 rings (SSSR count). The third-order valence-corrected chi connectivity index (χ3v) is 4.34. The zero-order valence-corrected chi connectivity index (χ0v) is 12.6. The number of benzene rings is 1. The van der Waals surface area contributed by atoms with Gasteiger partial charge in [-0.25, -0.2) is 0 Å². The maximum atomic E-state index is 4.09. The summed E-state index contributed by atoms with van der Waals surface area (Å²) >= 11 is 0. The maximum absolute atomic E-state index is 4.09.